The van der Waals surface area contributed by atoms with Gasteiger partial charge in [-0.2, -0.15) is 11.8 Å². The summed E-state index contributed by atoms with van der Waals surface area (Å²) in [5.74, 6) is 2.21. The van der Waals surface area contributed by atoms with Gasteiger partial charge in [0.05, 0.1) is 0 Å². The minimum atomic E-state index is 0.898. The van der Waals surface area contributed by atoms with E-state index in [1.54, 1.807) is 0 Å². The Morgan fingerprint density at radius 3 is 3.06 bits per heavy atom. The summed E-state index contributed by atoms with van der Waals surface area (Å²) in [5.41, 5.74) is 0. The van der Waals surface area contributed by atoms with Crippen LogP contribution in [0.2, 0.25) is 0 Å². The average molecular weight is 244 g/mol. The predicted molar refractivity (Wildman–Crippen MR) is 75.3 cm³/mol. The first-order valence-corrected chi connectivity index (χ1v) is 8.18. The van der Waals surface area contributed by atoms with E-state index < -0.39 is 0 Å². The lowest BCUT2D eigenvalue weighted by Gasteiger charge is -2.32. The van der Waals surface area contributed by atoms with Crippen LogP contribution in [0.1, 0.15) is 32.6 Å². The molecular formula is C13H28N2S. The van der Waals surface area contributed by atoms with Gasteiger partial charge in [-0.05, 0) is 69.8 Å². The van der Waals surface area contributed by atoms with Crippen molar-refractivity contribution in [3.8, 4) is 0 Å². The Morgan fingerprint density at radius 2 is 2.31 bits per heavy atom. The van der Waals surface area contributed by atoms with Crippen LogP contribution in [0.25, 0.3) is 0 Å². The van der Waals surface area contributed by atoms with Crippen LogP contribution in [0, 0.1) is 5.92 Å². The lowest BCUT2D eigenvalue weighted by Crippen LogP contribution is -2.40. The molecule has 0 aromatic rings. The Hall–Kier alpha value is 0.270. The molecule has 0 amide bonds. The maximum atomic E-state index is 3.56. The number of hydrogen-bond donors (Lipinski definition) is 1. The van der Waals surface area contributed by atoms with E-state index in [0.29, 0.717) is 0 Å². The summed E-state index contributed by atoms with van der Waals surface area (Å²) in [7, 11) is 0. The Labute approximate surface area is 106 Å². The van der Waals surface area contributed by atoms with Crippen LogP contribution in [-0.4, -0.2) is 49.6 Å². The minimum Gasteiger partial charge on any atom is -0.316 e. The van der Waals surface area contributed by atoms with Crippen molar-refractivity contribution in [2.45, 2.75) is 32.6 Å². The van der Waals surface area contributed by atoms with Crippen LogP contribution in [0.5, 0.6) is 0 Å². The normalized spacial score (nSPS) is 22.5. The van der Waals surface area contributed by atoms with Gasteiger partial charge < -0.3 is 10.2 Å². The maximum absolute atomic E-state index is 3.56. The lowest BCUT2D eigenvalue weighted by molar-refractivity contribution is 0.173. The Morgan fingerprint density at radius 1 is 1.44 bits per heavy atom. The summed E-state index contributed by atoms with van der Waals surface area (Å²) in [6, 6.07) is 0. The van der Waals surface area contributed by atoms with E-state index in [2.05, 4.69) is 23.4 Å². The SMILES string of the molecule is CCCNCC1CCCN(CCCSC)C1. The first-order chi connectivity index (χ1) is 7.86. The molecule has 0 bridgehead atoms. The van der Waals surface area contributed by atoms with Gasteiger partial charge in [0.2, 0.25) is 0 Å². The highest BCUT2D eigenvalue weighted by Gasteiger charge is 2.18. The number of likely N-dealkylation sites (tertiary alicyclic amines) is 1. The maximum Gasteiger partial charge on any atom is 0.00218 e. The van der Waals surface area contributed by atoms with Crippen LogP contribution >= 0.6 is 11.8 Å². The Bertz CT molecular complexity index is 148. The molecule has 1 unspecified atom stereocenters. The van der Waals surface area contributed by atoms with E-state index in [1.165, 1.54) is 64.2 Å². The second kappa shape index (κ2) is 9.32. The summed E-state index contributed by atoms with van der Waals surface area (Å²) in [6.45, 7) is 8.62. The van der Waals surface area contributed by atoms with Crippen molar-refractivity contribution < 1.29 is 0 Å². The number of thioether (sulfide) groups is 1. The van der Waals surface area contributed by atoms with Gasteiger partial charge in [0.25, 0.3) is 0 Å². The highest BCUT2D eigenvalue weighted by Crippen LogP contribution is 2.16. The summed E-state index contributed by atoms with van der Waals surface area (Å²) >= 11 is 1.97. The van der Waals surface area contributed by atoms with Crippen molar-refractivity contribution in [2.24, 2.45) is 5.92 Å². The van der Waals surface area contributed by atoms with Gasteiger partial charge in [-0.25, -0.2) is 0 Å². The summed E-state index contributed by atoms with van der Waals surface area (Å²) in [5, 5.41) is 3.56. The minimum absolute atomic E-state index is 0.898. The average Bonchev–Trinajstić information content (AvgIpc) is 2.30. The molecule has 96 valence electrons. The number of nitrogens with zero attached hydrogens (tertiary/aromatic N) is 1. The van der Waals surface area contributed by atoms with Gasteiger partial charge in [-0.3, -0.25) is 0 Å². The van der Waals surface area contributed by atoms with Crippen molar-refractivity contribution in [1.29, 1.82) is 0 Å². The molecule has 16 heavy (non-hydrogen) atoms. The van der Waals surface area contributed by atoms with Gasteiger partial charge in [0, 0.05) is 6.54 Å². The molecule has 1 atom stereocenters. The smallest absolute Gasteiger partial charge is 0.00218 e. The molecule has 0 aromatic heterocycles. The van der Waals surface area contributed by atoms with E-state index in [4.69, 9.17) is 0 Å². The van der Waals surface area contributed by atoms with E-state index in [0.717, 1.165) is 5.92 Å². The summed E-state index contributed by atoms with van der Waals surface area (Å²) < 4.78 is 0. The van der Waals surface area contributed by atoms with E-state index in [-0.39, 0.29) is 0 Å². The zero-order valence-corrected chi connectivity index (χ0v) is 11.8. The topological polar surface area (TPSA) is 15.3 Å². The number of rotatable bonds is 8. The lowest BCUT2D eigenvalue weighted by atomic mass is 9.98. The van der Waals surface area contributed by atoms with Crippen molar-refractivity contribution in [3.63, 3.8) is 0 Å². The van der Waals surface area contributed by atoms with E-state index in [9.17, 15) is 0 Å². The van der Waals surface area contributed by atoms with Crippen LogP contribution in [0.4, 0.5) is 0 Å². The monoisotopic (exact) mass is 244 g/mol. The molecule has 1 aliphatic heterocycles. The zero-order valence-electron chi connectivity index (χ0n) is 11.0. The van der Waals surface area contributed by atoms with Gasteiger partial charge in [0.1, 0.15) is 0 Å². The fourth-order valence-electron chi connectivity index (χ4n) is 2.44. The summed E-state index contributed by atoms with van der Waals surface area (Å²) in [4.78, 5) is 2.66. The molecule has 3 heteroatoms. The van der Waals surface area contributed by atoms with Crippen LogP contribution in [-0.2, 0) is 0 Å². The third-order valence-corrected chi connectivity index (χ3v) is 3.98. The number of nitrogens with one attached hydrogen (secondary N) is 1. The fraction of sp³-hybridized carbons (Fsp3) is 1.00. The Balaban J connectivity index is 2.09. The molecule has 0 aromatic carbocycles. The molecule has 1 aliphatic rings. The van der Waals surface area contributed by atoms with Crippen molar-refractivity contribution in [2.75, 3.05) is 44.7 Å². The quantitative estimate of drug-likeness (QED) is 0.660. The van der Waals surface area contributed by atoms with Crippen molar-refractivity contribution >= 4 is 11.8 Å². The molecule has 0 spiro atoms. The molecule has 1 rings (SSSR count). The third kappa shape index (κ3) is 6.12. The van der Waals surface area contributed by atoms with Crippen molar-refractivity contribution in [3.05, 3.63) is 0 Å². The van der Waals surface area contributed by atoms with Gasteiger partial charge in [-0.15, -0.1) is 0 Å². The van der Waals surface area contributed by atoms with Gasteiger partial charge in [-0.1, -0.05) is 6.92 Å². The third-order valence-electron chi connectivity index (χ3n) is 3.29. The first-order valence-electron chi connectivity index (χ1n) is 6.78. The molecule has 0 aliphatic carbocycles. The Kier molecular flexibility index (Phi) is 8.34. The molecule has 1 saturated heterocycles. The van der Waals surface area contributed by atoms with Crippen molar-refractivity contribution in [1.82, 2.24) is 10.2 Å². The predicted octanol–water partition coefficient (Wildman–Crippen LogP) is 2.45. The summed E-state index contributed by atoms with van der Waals surface area (Å²) in [6.07, 6.45) is 7.64. The van der Waals surface area contributed by atoms with Crippen LogP contribution < -0.4 is 5.32 Å². The zero-order chi connectivity index (χ0) is 11.6. The van der Waals surface area contributed by atoms with Gasteiger partial charge >= 0.3 is 0 Å². The molecule has 0 saturated carbocycles. The number of hydrogen-bond acceptors (Lipinski definition) is 3. The second-order valence-corrected chi connectivity index (χ2v) is 5.84. The van der Waals surface area contributed by atoms with Gasteiger partial charge in [0.15, 0.2) is 0 Å². The molecule has 2 nitrogen and oxygen atoms in total. The highest BCUT2D eigenvalue weighted by atomic mass is 32.2. The molecule has 0 radical (unpaired) electrons. The second-order valence-electron chi connectivity index (χ2n) is 4.86. The molecular weight excluding hydrogens is 216 g/mol. The standard InChI is InChI=1S/C13H28N2S/c1-3-7-14-11-13-6-4-8-15(12-13)9-5-10-16-2/h13-14H,3-12H2,1-2H3. The van der Waals surface area contributed by atoms with Crippen LogP contribution in [0.3, 0.4) is 0 Å². The largest absolute Gasteiger partial charge is 0.316 e. The molecule has 1 fully saturated rings. The first kappa shape index (κ1) is 14.3. The fourth-order valence-corrected chi connectivity index (χ4v) is 2.85. The molecule has 1 N–H and O–H groups in total. The van der Waals surface area contributed by atoms with E-state index in [1.807, 2.05) is 11.8 Å². The van der Waals surface area contributed by atoms with Crippen LogP contribution in [0.15, 0.2) is 0 Å². The number of piperidine rings is 1. The highest BCUT2D eigenvalue weighted by molar-refractivity contribution is 7.98. The van der Waals surface area contributed by atoms with E-state index >= 15 is 0 Å². The molecule has 1 heterocycles.